The van der Waals surface area contributed by atoms with E-state index in [1.54, 1.807) is 41.1 Å². The number of rotatable bonds is 5. The Labute approximate surface area is 185 Å². The number of benzene rings is 1. The van der Waals surface area contributed by atoms with Gasteiger partial charge in [0.05, 0.1) is 10.6 Å². The van der Waals surface area contributed by atoms with Gasteiger partial charge < -0.3 is 10.1 Å². The summed E-state index contributed by atoms with van der Waals surface area (Å²) >= 11 is 4.73. The van der Waals surface area contributed by atoms with Crippen molar-refractivity contribution >= 4 is 38.9 Å². The molecule has 152 valence electrons. The van der Waals surface area contributed by atoms with Gasteiger partial charge in [0.2, 0.25) is 5.88 Å². The number of hydrogen-bond donors (Lipinski definition) is 1. The molecule has 0 fully saturated rings. The SMILES string of the molecule is Cc1nn(-c2cc(Oc3ccc(NC(=O)c4cc(Br)cs4)cc3)ncn2)c(C)c1C. The van der Waals surface area contributed by atoms with E-state index >= 15 is 0 Å². The van der Waals surface area contributed by atoms with Crippen molar-refractivity contribution in [1.82, 2.24) is 19.7 Å². The fraction of sp³-hybridized carbons (Fsp3) is 0.143. The third kappa shape index (κ3) is 4.27. The van der Waals surface area contributed by atoms with Crippen molar-refractivity contribution in [2.45, 2.75) is 20.8 Å². The van der Waals surface area contributed by atoms with E-state index in [0.29, 0.717) is 28.0 Å². The number of aryl methyl sites for hydroxylation is 1. The van der Waals surface area contributed by atoms with Crippen LogP contribution in [0.5, 0.6) is 11.6 Å². The molecule has 9 heteroatoms. The molecule has 0 aliphatic rings. The average Bonchev–Trinajstić information content (AvgIpc) is 3.28. The van der Waals surface area contributed by atoms with Crippen LogP contribution in [-0.2, 0) is 0 Å². The zero-order chi connectivity index (χ0) is 21.3. The lowest BCUT2D eigenvalue weighted by Crippen LogP contribution is -2.09. The first kappa shape index (κ1) is 20.2. The molecule has 0 saturated heterocycles. The lowest BCUT2D eigenvalue weighted by molar-refractivity contribution is 0.103. The van der Waals surface area contributed by atoms with Crippen molar-refractivity contribution in [2.75, 3.05) is 5.32 Å². The van der Waals surface area contributed by atoms with Crippen LogP contribution in [0.2, 0.25) is 0 Å². The van der Waals surface area contributed by atoms with E-state index in [1.807, 2.05) is 26.2 Å². The van der Waals surface area contributed by atoms with Gasteiger partial charge in [0.15, 0.2) is 5.82 Å². The molecule has 4 rings (SSSR count). The van der Waals surface area contributed by atoms with Gasteiger partial charge in [-0.1, -0.05) is 0 Å². The Kier molecular flexibility index (Phi) is 5.65. The monoisotopic (exact) mass is 483 g/mol. The second-order valence-corrected chi connectivity index (χ2v) is 8.46. The Morgan fingerprint density at radius 1 is 1.13 bits per heavy atom. The number of aromatic nitrogens is 4. The zero-order valence-electron chi connectivity index (χ0n) is 16.5. The highest BCUT2D eigenvalue weighted by molar-refractivity contribution is 9.10. The van der Waals surface area contributed by atoms with Crippen molar-refractivity contribution in [2.24, 2.45) is 0 Å². The van der Waals surface area contributed by atoms with E-state index in [4.69, 9.17) is 4.74 Å². The highest BCUT2D eigenvalue weighted by Gasteiger charge is 2.12. The summed E-state index contributed by atoms with van der Waals surface area (Å²) in [5, 5.41) is 9.26. The minimum Gasteiger partial charge on any atom is -0.439 e. The van der Waals surface area contributed by atoms with E-state index in [0.717, 1.165) is 21.4 Å². The van der Waals surface area contributed by atoms with Gasteiger partial charge in [-0.05, 0) is 72.6 Å². The first-order valence-corrected chi connectivity index (χ1v) is 10.8. The van der Waals surface area contributed by atoms with Crippen molar-refractivity contribution in [3.05, 3.63) is 74.4 Å². The zero-order valence-corrected chi connectivity index (χ0v) is 18.9. The Morgan fingerprint density at radius 3 is 2.53 bits per heavy atom. The number of nitrogens with one attached hydrogen (secondary N) is 1. The molecule has 0 aliphatic carbocycles. The summed E-state index contributed by atoms with van der Waals surface area (Å²) in [4.78, 5) is 21.4. The summed E-state index contributed by atoms with van der Waals surface area (Å²) in [7, 11) is 0. The molecule has 0 unspecified atom stereocenters. The first-order valence-electron chi connectivity index (χ1n) is 9.09. The van der Waals surface area contributed by atoms with Gasteiger partial charge in [0.25, 0.3) is 5.91 Å². The van der Waals surface area contributed by atoms with Gasteiger partial charge in [-0.15, -0.1) is 11.3 Å². The van der Waals surface area contributed by atoms with Gasteiger partial charge in [-0.2, -0.15) is 5.10 Å². The Balaban J connectivity index is 1.47. The molecule has 1 N–H and O–H groups in total. The summed E-state index contributed by atoms with van der Waals surface area (Å²) in [6.07, 6.45) is 1.45. The Morgan fingerprint density at radius 2 is 1.90 bits per heavy atom. The molecule has 1 amide bonds. The number of hydrogen-bond acceptors (Lipinski definition) is 6. The highest BCUT2D eigenvalue weighted by Crippen LogP contribution is 2.25. The molecule has 3 aromatic heterocycles. The summed E-state index contributed by atoms with van der Waals surface area (Å²) in [6.45, 7) is 6.00. The number of thiophene rings is 1. The molecule has 0 atom stereocenters. The van der Waals surface area contributed by atoms with Crippen LogP contribution in [0.15, 0.2) is 52.6 Å². The number of carbonyl (C=O) groups excluding carboxylic acids is 1. The molecule has 30 heavy (non-hydrogen) atoms. The summed E-state index contributed by atoms with van der Waals surface area (Å²) < 4.78 is 8.52. The molecular weight excluding hydrogens is 466 g/mol. The fourth-order valence-electron chi connectivity index (χ4n) is 2.80. The predicted molar refractivity (Wildman–Crippen MR) is 120 cm³/mol. The smallest absolute Gasteiger partial charge is 0.265 e. The third-order valence-corrected chi connectivity index (χ3v) is 6.31. The maximum absolute atomic E-state index is 12.3. The van der Waals surface area contributed by atoms with E-state index in [2.05, 4.69) is 36.3 Å². The first-order chi connectivity index (χ1) is 14.4. The van der Waals surface area contributed by atoms with Gasteiger partial charge in [0.1, 0.15) is 12.1 Å². The number of carbonyl (C=O) groups is 1. The minimum atomic E-state index is -0.153. The maximum Gasteiger partial charge on any atom is 0.265 e. The number of halogens is 1. The summed E-state index contributed by atoms with van der Waals surface area (Å²) in [5.74, 6) is 1.49. The predicted octanol–water partition coefficient (Wildman–Crippen LogP) is 5.46. The van der Waals surface area contributed by atoms with Crippen molar-refractivity contribution in [1.29, 1.82) is 0 Å². The number of ether oxygens (including phenoxy) is 1. The number of anilines is 1. The average molecular weight is 484 g/mol. The second kappa shape index (κ2) is 8.37. The molecule has 3 heterocycles. The van der Waals surface area contributed by atoms with Crippen LogP contribution in [0.25, 0.3) is 5.82 Å². The van der Waals surface area contributed by atoms with Crippen LogP contribution < -0.4 is 10.1 Å². The number of nitrogens with zero attached hydrogens (tertiary/aromatic N) is 4. The lowest BCUT2D eigenvalue weighted by atomic mass is 10.2. The van der Waals surface area contributed by atoms with Crippen LogP contribution in [0.1, 0.15) is 26.6 Å². The standard InChI is InChI=1S/C21H18BrN5O2S/c1-12-13(2)26-27(14(12)3)19-9-20(24-11-23-19)29-17-6-4-16(5-7-17)25-21(28)18-8-15(22)10-30-18/h4-11H,1-3H3,(H,25,28). The van der Waals surface area contributed by atoms with Gasteiger partial charge >= 0.3 is 0 Å². The summed E-state index contributed by atoms with van der Waals surface area (Å²) in [6, 6.07) is 10.6. The van der Waals surface area contributed by atoms with E-state index < -0.39 is 0 Å². The molecule has 1 aromatic carbocycles. The molecule has 4 aromatic rings. The van der Waals surface area contributed by atoms with Crippen LogP contribution in [0, 0.1) is 20.8 Å². The third-order valence-electron chi connectivity index (χ3n) is 4.62. The Hall–Kier alpha value is -3.04. The second-order valence-electron chi connectivity index (χ2n) is 6.63. The molecule has 0 saturated carbocycles. The lowest BCUT2D eigenvalue weighted by Gasteiger charge is -2.08. The van der Waals surface area contributed by atoms with Crippen molar-refractivity contribution in [3.8, 4) is 17.4 Å². The van der Waals surface area contributed by atoms with Crippen molar-refractivity contribution < 1.29 is 9.53 Å². The van der Waals surface area contributed by atoms with Gasteiger partial charge in [-0.25, -0.2) is 14.6 Å². The summed E-state index contributed by atoms with van der Waals surface area (Å²) in [5.41, 5.74) is 3.79. The van der Waals surface area contributed by atoms with Crippen molar-refractivity contribution in [3.63, 3.8) is 0 Å². The molecule has 0 bridgehead atoms. The largest absolute Gasteiger partial charge is 0.439 e. The Bertz CT molecular complexity index is 1220. The molecule has 7 nitrogen and oxygen atoms in total. The highest BCUT2D eigenvalue weighted by atomic mass is 79.9. The topological polar surface area (TPSA) is 81.9 Å². The van der Waals surface area contributed by atoms with E-state index in [-0.39, 0.29) is 5.91 Å². The van der Waals surface area contributed by atoms with E-state index in [9.17, 15) is 4.79 Å². The molecule has 0 aliphatic heterocycles. The molecule has 0 spiro atoms. The van der Waals surface area contributed by atoms with Crippen LogP contribution >= 0.6 is 27.3 Å². The van der Waals surface area contributed by atoms with Gasteiger partial charge in [0, 0.05) is 27.3 Å². The fourth-order valence-corrected chi connectivity index (χ4v) is 4.12. The normalized spacial score (nSPS) is 10.8. The van der Waals surface area contributed by atoms with Crippen LogP contribution in [0.4, 0.5) is 5.69 Å². The van der Waals surface area contributed by atoms with Crippen LogP contribution in [-0.4, -0.2) is 25.7 Å². The van der Waals surface area contributed by atoms with E-state index in [1.165, 1.54) is 17.7 Å². The van der Waals surface area contributed by atoms with Gasteiger partial charge in [-0.3, -0.25) is 4.79 Å². The van der Waals surface area contributed by atoms with Crippen LogP contribution in [0.3, 0.4) is 0 Å². The quantitative estimate of drug-likeness (QED) is 0.407. The molecular formula is C21H18BrN5O2S. The number of amides is 1. The molecule has 0 radical (unpaired) electrons. The minimum absolute atomic E-state index is 0.153. The maximum atomic E-state index is 12.3.